The summed E-state index contributed by atoms with van der Waals surface area (Å²) in [5, 5.41) is 24.1. The predicted molar refractivity (Wildman–Crippen MR) is 168 cm³/mol. The SMILES string of the molecule is N#Cc1ccc(-c2cc(-n3c4ccccc4c4ccccc43)ncc2-n2c3ccccc3c3ccccc32)cc1C#N. The second kappa shape index (κ2) is 9.20. The topological polar surface area (TPSA) is 70.3 Å². The lowest BCUT2D eigenvalue weighted by molar-refractivity contribution is 1.06. The zero-order valence-corrected chi connectivity index (χ0v) is 22.4. The molecule has 0 saturated carbocycles. The van der Waals surface area contributed by atoms with Gasteiger partial charge in [0.15, 0.2) is 0 Å². The molecule has 3 heterocycles. The molecule has 0 aliphatic rings. The molecule has 0 N–H and O–H groups in total. The van der Waals surface area contributed by atoms with Crippen LogP contribution in [0.2, 0.25) is 0 Å². The smallest absolute Gasteiger partial charge is 0.138 e. The van der Waals surface area contributed by atoms with Gasteiger partial charge in [0.1, 0.15) is 18.0 Å². The number of aromatic nitrogens is 3. The van der Waals surface area contributed by atoms with E-state index in [2.05, 4.69) is 100 Å². The Bertz CT molecular complexity index is 2340. The van der Waals surface area contributed by atoms with Crippen molar-refractivity contribution >= 4 is 43.6 Å². The number of para-hydroxylation sites is 4. The van der Waals surface area contributed by atoms with Crippen molar-refractivity contribution in [1.29, 1.82) is 10.5 Å². The molecular weight excluding hydrogens is 514 g/mol. The molecule has 0 spiro atoms. The number of nitrogens with zero attached hydrogens (tertiary/aromatic N) is 5. The maximum atomic E-state index is 9.88. The van der Waals surface area contributed by atoms with E-state index in [0.29, 0.717) is 11.1 Å². The summed E-state index contributed by atoms with van der Waals surface area (Å²) in [4.78, 5) is 5.08. The van der Waals surface area contributed by atoms with E-state index in [-0.39, 0.29) is 0 Å². The highest BCUT2D eigenvalue weighted by molar-refractivity contribution is 6.10. The van der Waals surface area contributed by atoms with Gasteiger partial charge in [0, 0.05) is 27.1 Å². The summed E-state index contributed by atoms with van der Waals surface area (Å²) in [6, 6.07) is 45.4. The molecule has 0 atom stereocenters. The van der Waals surface area contributed by atoms with Gasteiger partial charge in [0.2, 0.25) is 0 Å². The van der Waals surface area contributed by atoms with Crippen molar-refractivity contribution in [2.75, 3.05) is 0 Å². The van der Waals surface area contributed by atoms with Crippen molar-refractivity contribution in [2.45, 2.75) is 0 Å². The van der Waals surface area contributed by atoms with Crippen molar-refractivity contribution in [3.63, 3.8) is 0 Å². The van der Waals surface area contributed by atoms with Gasteiger partial charge in [-0.25, -0.2) is 4.98 Å². The lowest BCUT2D eigenvalue weighted by Gasteiger charge is -2.16. The fourth-order valence-electron chi connectivity index (χ4n) is 6.22. The van der Waals surface area contributed by atoms with Crippen molar-refractivity contribution in [1.82, 2.24) is 14.1 Å². The van der Waals surface area contributed by atoms with Crippen molar-refractivity contribution in [3.05, 3.63) is 139 Å². The number of pyridine rings is 1. The first kappa shape index (κ1) is 23.7. The zero-order valence-electron chi connectivity index (χ0n) is 22.4. The van der Waals surface area contributed by atoms with Crippen LogP contribution in [0.25, 0.3) is 66.2 Å². The van der Waals surface area contributed by atoms with E-state index in [1.54, 1.807) is 12.1 Å². The Hall–Kier alpha value is -6.17. The number of nitriles is 2. The number of hydrogen-bond acceptors (Lipinski definition) is 3. The molecular formula is C37H21N5. The molecule has 5 aromatic carbocycles. The summed E-state index contributed by atoms with van der Waals surface area (Å²) in [6.07, 6.45) is 1.93. The molecule has 0 aliphatic carbocycles. The van der Waals surface area contributed by atoms with Crippen LogP contribution in [-0.4, -0.2) is 14.1 Å². The Morgan fingerprint density at radius 2 is 0.976 bits per heavy atom. The highest BCUT2D eigenvalue weighted by Gasteiger charge is 2.19. The summed E-state index contributed by atoms with van der Waals surface area (Å²) in [5.41, 5.74) is 7.63. The molecule has 5 heteroatoms. The van der Waals surface area contributed by atoms with E-state index < -0.39 is 0 Å². The van der Waals surface area contributed by atoms with Gasteiger partial charge in [-0.1, -0.05) is 78.9 Å². The number of rotatable bonds is 3. The van der Waals surface area contributed by atoms with Crippen LogP contribution in [0.3, 0.4) is 0 Å². The molecule has 3 aromatic heterocycles. The fraction of sp³-hybridized carbons (Fsp3) is 0. The van der Waals surface area contributed by atoms with Crippen LogP contribution < -0.4 is 0 Å². The standard InChI is InChI=1S/C37H21N5/c38-21-25-18-17-24(19-26(25)22-39)31-20-37(42-34-15-7-3-11-29(34)30-12-4-8-16-35(30)42)40-23-36(31)41-32-13-5-1-9-27(32)28-10-2-6-14-33(28)41/h1-20,23H. The minimum atomic E-state index is 0.346. The first-order valence-electron chi connectivity index (χ1n) is 13.7. The molecule has 194 valence electrons. The molecule has 0 bridgehead atoms. The Morgan fingerprint density at radius 1 is 0.500 bits per heavy atom. The summed E-state index contributed by atoms with van der Waals surface area (Å²) < 4.78 is 4.44. The van der Waals surface area contributed by atoms with Crippen molar-refractivity contribution in [2.24, 2.45) is 0 Å². The van der Waals surface area contributed by atoms with Gasteiger partial charge in [-0.05, 0) is 48.0 Å². The van der Waals surface area contributed by atoms with Gasteiger partial charge >= 0.3 is 0 Å². The molecule has 5 nitrogen and oxygen atoms in total. The van der Waals surface area contributed by atoms with Crippen LogP contribution in [0, 0.1) is 22.7 Å². The monoisotopic (exact) mass is 535 g/mol. The molecule has 0 saturated heterocycles. The highest BCUT2D eigenvalue weighted by Crippen LogP contribution is 2.38. The average molecular weight is 536 g/mol. The van der Waals surface area contributed by atoms with Crippen LogP contribution >= 0.6 is 0 Å². The van der Waals surface area contributed by atoms with Crippen LogP contribution in [-0.2, 0) is 0 Å². The largest absolute Gasteiger partial charge is 0.307 e. The third-order valence-electron chi connectivity index (χ3n) is 8.07. The lowest BCUT2D eigenvalue weighted by atomic mass is 9.99. The van der Waals surface area contributed by atoms with E-state index >= 15 is 0 Å². The van der Waals surface area contributed by atoms with Crippen LogP contribution in [0.15, 0.2) is 128 Å². The van der Waals surface area contributed by atoms with Gasteiger partial charge in [0.05, 0.1) is 45.1 Å². The maximum Gasteiger partial charge on any atom is 0.138 e. The van der Waals surface area contributed by atoms with Crippen LogP contribution in [0.1, 0.15) is 11.1 Å². The highest BCUT2D eigenvalue weighted by atomic mass is 15.1. The second-order valence-electron chi connectivity index (χ2n) is 10.3. The van der Waals surface area contributed by atoms with Crippen LogP contribution in [0.5, 0.6) is 0 Å². The molecule has 0 amide bonds. The van der Waals surface area contributed by atoms with E-state index in [1.807, 2.05) is 36.5 Å². The Balaban J connectivity index is 1.49. The zero-order chi connectivity index (χ0) is 28.2. The summed E-state index contributed by atoms with van der Waals surface area (Å²) in [5.74, 6) is 0.773. The molecule has 0 fully saturated rings. The molecule has 0 unspecified atom stereocenters. The van der Waals surface area contributed by atoms with E-state index in [4.69, 9.17) is 4.98 Å². The van der Waals surface area contributed by atoms with Gasteiger partial charge < -0.3 is 4.57 Å². The number of fused-ring (bicyclic) bond motifs is 6. The van der Waals surface area contributed by atoms with Gasteiger partial charge in [0.25, 0.3) is 0 Å². The Morgan fingerprint density at radius 3 is 1.48 bits per heavy atom. The Labute approximate surface area is 241 Å². The molecule has 0 radical (unpaired) electrons. The third-order valence-corrected chi connectivity index (χ3v) is 8.07. The van der Waals surface area contributed by atoms with Gasteiger partial charge in [-0.3, -0.25) is 4.57 Å². The van der Waals surface area contributed by atoms with E-state index in [0.717, 1.165) is 66.2 Å². The first-order chi connectivity index (χ1) is 20.8. The first-order valence-corrected chi connectivity index (χ1v) is 13.7. The van der Waals surface area contributed by atoms with Gasteiger partial charge in [-0.2, -0.15) is 10.5 Å². The van der Waals surface area contributed by atoms with Gasteiger partial charge in [-0.15, -0.1) is 0 Å². The van der Waals surface area contributed by atoms with Crippen LogP contribution in [0.4, 0.5) is 0 Å². The van der Waals surface area contributed by atoms with Crippen molar-refractivity contribution < 1.29 is 0 Å². The van der Waals surface area contributed by atoms with Crippen molar-refractivity contribution in [3.8, 4) is 34.8 Å². The predicted octanol–water partition coefficient (Wildman–Crippen LogP) is 8.69. The quantitative estimate of drug-likeness (QED) is 0.227. The minimum Gasteiger partial charge on any atom is -0.307 e. The van der Waals surface area contributed by atoms with E-state index in [9.17, 15) is 10.5 Å². The summed E-state index contributed by atoms with van der Waals surface area (Å²) in [6.45, 7) is 0. The maximum absolute atomic E-state index is 9.88. The molecule has 8 rings (SSSR count). The molecule has 0 aliphatic heterocycles. The third kappa shape index (κ3) is 3.38. The summed E-state index contributed by atoms with van der Waals surface area (Å²) in [7, 11) is 0. The minimum absolute atomic E-state index is 0.346. The number of benzene rings is 5. The molecule has 42 heavy (non-hydrogen) atoms. The summed E-state index contributed by atoms with van der Waals surface area (Å²) >= 11 is 0. The lowest BCUT2D eigenvalue weighted by Crippen LogP contribution is -2.03. The fourth-order valence-corrected chi connectivity index (χ4v) is 6.22. The number of hydrogen-bond donors (Lipinski definition) is 0. The Kier molecular flexibility index (Phi) is 5.19. The normalized spacial score (nSPS) is 11.3. The average Bonchev–Trinajstić information content (AvgIpc) is 3.57. The molecule has 8 aromatic rings. The van der Waals surface area contributed by atoms with E-state index in [1.165, 1.54) is 0 Å². The second-order valence-corrected chi connectivity index (χ2v) is 10.3.